The van der Waals surface area contributed by atoms with Gasteiger partial charge in [-0.05, 0) is 89.3 Å². The number of pyridine rings is 1. The summed E-state index contributed by atoms with van der Waals surface area (Å²) in [5, 5.41) is 36.7. The smallest absolute Gasteiger partial charge is 0.416 e. The number of hydrogen-bond acceptors (Lipinski definition) is 7. The van der Waals surface area contributed by atoms with Crippen molar-refractivity contribution in [2.45, 2.75) is 37.9 Å². The van der Waals surface area contributed by atoms with Crippen LogP contribution in [0.3, 0.4) is 0 Å². The molecule has 2 atom stereocenters. The molecule has 6 rings (SSSR count). The molecule has 0 spiro atoms. The Bertz CT molecular complexity index is 2410. The summed E-state index contributed by atoms with van der Waals surface area (Å²) in [6, 6.07) is 32.9. The van der Waals surface area contributed by atoms with Gasteiger partial charge in [-0.2, -0.15) is 13.2 Å². The number of phenols is 1. The van der Waals surface area contributed by atoms with Crippen molar-refractivity contribution in [3.63, 3.8) is 0 Å². The van der Waals surface area contributed by atoms with E-state index in [1.807, 2.05) is 30.3 Å². The van der Waals surface area contributed by atoms with Crippen LogP contribution in [0, 0.1) is 0 Å². The van der Waals surface area contributed by atoms with E-state index in [1.165, 1.54) is 35.2 Å². The number of aromatic amines is 1. The number of nitrogens with one attached hydrogen (secondary N) is 3. The van der Waals surface area contributed by atoms with Gasteiger partial charge in [0, 0.05) is 36.7 Å². The highest BCUT2D eigenvalue weighted by molar-refractivity contribution is 5.94. The molecule has 0 aliphatic rings. The number of fused-ring (bicyclic) bond motifs is 1. The van der Waals surface area contributed by atoms with E-state index in [-0.39, 0.29) is 43.4 Å². The van der Waals surface area contributed by atoms with E-state index in [1.54, 1.807) is 54.6 Å². The first-order valence-electron chi connectivity index (χ1n) is 18.4. The molecule has 1 aromatic heterocycles. The van der Waals surface area contributed by atoms with E-state index in [0.717, 1.165) is 23.3 Å². The largest absolute Gasteiger partial charge is 0.506 e. The molecule has 5 aromatic carbocycles. The number of benzene rings is 5. The quantitative estimate of drug-likeness (QED) is 0.0548. The molecule has 1 heterocycles. The summed E-state index contributed by atoms with van der Waals surface area (Å²) in [6.45, 7) is 0.714. The second-order valence-electron chi connectivity index (χ2n) is 13.6. The van der Waals surface area contributed by atoms with E-state index in [0.29, 0.717) is 46.4 Å². The van der Waals surface area contributed by atoms with Crippen molar-refractivity contribution in [1.82, 2.24) is 20.5 Å². The van der Waals surface area contributed by atoms with Crippen LogP contribution in [0.5, 0.6) is 11.5 Å². The fraction of sp³-hybridized carbons (Fsp3) is 0.205. The number of phenolic OH excluding ortho intramolecular Hbond substituents is 1. The minimum atomic E-state index is -4.55. The number of aromatic nitrogens is 1. The lowest BCUT2D eigenvalue weighted by atomic mass is 9.98. The van der Waals surface area contributed by atoms with Crippen molar-refractivity contribution >= 4 is 22.9 Å². The fourth-order valence-corrected chi connectivity index (χ4v) is 6.62. The molecule has 11 nitrogen and oxygen atoms in total. The molecule has 58 heavy (non-hydrogen) atoms. The first-order chi connectivity index (χ1) is 27.9. The average molecular weight is 795 g/mol. The normalized spacial score (nSPS) is 12.5. The second kappa shape index (κ2) is 18.5. The molecule has 0 aliphatic heterocycles. The van der Waals surface area contributed by atoms with E-state index in [9.17, 15) is 42.9 Å². The molecule has 0 saturated carbocycles. The molecular formula is C44H41F3N4O7. The van der Waals surface area contributed by atoms with Gasteiger partial charge in [-0.25, -0.2) is 4.79 Å². The van der Waals surface area contributed by atoms with Crippen molar-refractivity contribution in [2.75, 3.05) is 19.6 Å². The number of nitrogens with zero attached hydrogens (tertiary/aromatic N) is 1. The monoisotopic (exact) mass is 794 g/mol. The van der Waals surface area contributed by atoms with E-state index in [4.69, 9.17) is 4.74 Å². The third-order valence-corrected chi connectivity index (χ3v) is 9.50. The van der Waals surface area contributed by atoms with Crippen molar-refractivity contribution in [3.05, 3.63) is 177 Å². The Kier molecular flexibility index (Phi) is 13.1. The van der Waals surface area contributed by atoms with Crippen LogP contribution in [-0.2, 0) is 19.3 Å². The summed E-state index contributed by atoms with van der Waals surface area (Å²) < 4.78 is 46.6. The van der Waals surface area contributed by atoms with E-state index >= 15 is 0 Å². The highest BCUT2D eigenvalue weighted by Crippen LogP contribution is 2.31. The van der Waals surface area contributed by atoms with Gasteiger partial charge < -0.3 is 40.6 Å². The summed E-state index contributed by atoms with van der Waals surface area (Å²) >= 11 is 0. The number of alkyl halides is 3. The van der Waals surface area contributed by atoms with Gasteiger partial charge in [0.05, 0.1) is 23.2 Å². The van der Waals surface area contributed by atoms with Crippen LogP contribution in [0.1, 0.15) is 62.3 Å². The highest BCUT2D eigenvalue weighted by Gasteiger charge is 2.30. The van der Waals surface area contributed by atoms with Crippen LogP contribution >= 0.6 is 0 Å². The summed E-state index contributed by atoms with van der Waals surface area (Å²) in [7, 11) is 0. The lowest BCUT2D eigenvalue weighted by Gasteiger charge is -2.24. The highest BCUT2D eigenvalue weighted by atomic mass is 19.4. The Morgan fingerprint density at radius 1 is 0.828 bits per heavy atom. The van der Waals surface area contributed by atoms with Crippen LogP contribution in [0.2, 0.25) is 0 Å². The van der Waals surface area contributed by atoms with Gasteiger partial charge in [-0.1, -0.05) is 72.8 Å². The lowest BCUT2D eigenvalue weighted by molar-refractivity contribution is -0.137. The second-order valence-corrected chi connectivity index (χ2v) is 13.6. The molecule has 0 fully saturated rings. The van der Waals surface area contributed by atoms with Crippen molar-refractivity contribution in [1.29, 1.82) is 0 Å². The number of amides is 2. The number of carbonyl (C=O) groups excluding carboxylic acids is 1. The fourth-order valence-electron chi connectivity index (χ4n) is 6.62. The van der Waals surface area contributed by atoms with Gasteiger partial charge >= 0.3 is 12.3 Å². The first kappa shape index (κ1) is 41.0. The number of H-pyrrole nitrogens is 1. The number of aliphatic hydroxyl groups is 1. The number of halogens is 3. The van der Waals surface area contributed by atoms with Gasteiger partial charge in [-0.3, -0.25) is 9.59 Å². The average Bonchev–Trinajstić information content (AvgIpc) is 3.22. The van der Waals surface area contributed by atoms with E-state index in [2.05, 4.69) is 15.6 Å². The number of carbonyl (C=O) groups is 2. The summed E-state index contributed by atoms with van der Waals surface area (Å²) in [5.41, 5.74) is 2.31. The number of carboxylic acid groups (broad SMARTS) is 1. The van der Waals surface area contributed by atoms with Crippen LogP contribution in [0.25, 0.3) is 10.9 Å². The minimum Gasteiger partial charge on any atom is -0.506 e. The Morgan fingerprint density at radius 3 is 2.31 bits per heavy atom. The van der Waals surface area contributed by atoms with Gasteiger partial charge in [0.15, 0.2) is 0 Å². The Balaban J connectivity index is 1.10. The summed E-state index contributed by atoms with van der Waals surface area (Å²) in [6.07, 6.45) is -6.31. The number of hydrogen-bond donors (Lipinski definition) is 6. The number of aliphatic hydroxyl groups excluding tert-OH is 1. The van der Waals surface area contributed by atoms with Crippen molar-refractivity contribution < 1.29 is 42.8 Å². The van der Waals surface area contributed by atoms with Crippen LogP contribution in [0.4, 0.5) is 18.0 Å². The van der Waals surface area contributed by atoms with Gasteiger partial charge in [0.25, 0.3) is 5.91 Å². The molecule has 300 valence electrons. The molecule has 0 radical (unpaired) electrons. The minimum absolute atomic E-state index is 0.0784. The van der Waals surface area contributed by atoms with Crippen molar-refractivity contribution in [3.8, 4) is 11.5 Å². The Hall–Kier alpha value is -6.64. The molecule has 0 unspecified atom stereocenters. The molecule has 6 aromatic rings. The summed E-state index contributed by atoms with van der Waals surface area (Å²) in [5.74, 6) is -0.00973. The van der Waals surface area contributed by atoms with Gasteiger partial charge in [-0.15, -0.1) is 0 Å². The van der Waals surface area contributed by atoms with Crippen molar-refractivity contribution in [2.24, 2.45) is 0 Å². The van der Waals surface area contributed by atoms with Crippen LogP contribution < -0.4 is 20.9 Å². The summed E-state index contributed by atoms with van der Waals surface area (Å²) in [4.78, 5) is 41.2. The maximum atomic E-state index is 13.9. The molecule has 14 heteroatoms. The standard InChI is InChI=1S/C44H41F3N4O7/c45-44(46,47)33-11-4-7-29(23-33)26-51(22-6-21-48-25-38(53)35-17-19-37(52)41-36(35)18-20-39(54)49-41)42(55)31-15-13-28(14-16-31)27-58-34-12-5-10-32(24-34)40(50-43(56)57)30-8-2-1-3-9-30/h1-5,7-20,23-24,38,40,48,50,52-53H,6,21-22,25-27H2,(H,49,54)(H,56,57)/t38-,40-/m0/s1. The zero-order chi connectivity index (χ0) is 41.2. The third kappa shape index (κ3) is 10.6. The van der Waals surface area contributed by atoms with E-state index < -0.39 is 35.5 Å². The molecule has 6 N–H and O–H groups in total. The Morgan fingerprint density at radius 2 is 1.57 bits per heavy atom. The predicted octanol–water partition coefficient (Wildman–Crippen LogP) is 7.54. The number of aromatic hydroxyl groups is 1. The topological polar surface area (TPSA) is 164 Å². The Labute approximate surface area is 331 Å². The maximum Gasteiger partial charge on any atom is 0.416 e. The van der Waals surface area contributed by atoms with Crippen LogP contribution in [0.15, 0.2) is 132 Å². The van der Waals surface area contributed by atoms with Crippen LogP contribution in [-0.4, -0.2) is 56.8 Å². The molecule has 0 aliphatic carbocycles. The molecular weight excluding hydrogens is 753 g/mol. The van der Waals surface area contributed by atoms with Gasteiger partial charge in [0.2, 0.25) is 5.56 Å². The molecule has 0 bridgehead atoms. The number of rotatable bonds is 16. The number of ether oxygens (including phenoxy) is 1. The molecule has 0 saturated heterocycles. The SMILES string of the molecule is O=C(O)N[C@@H](c1ccccc1)c1cccc(OCc2ccc(C(=O)N(CCCNC[C@H](O)c3ccc(O)c4[nH]c(=O)ccc34)Cc3cccc(C(F)(F)F)c3)cc2)c1. The lowest BCUT2D eigenvalue weighted by Crippen LogP contribution is -2.33. The third-order valence-electron chi connectivity index (χ3n) is 9.50. The zero-order valence-electron chi connectivity index (χ0n) is 31.1. The molecule has 2 amide bonds. The first-order valence-corrected chi connectivity index (χ1v) is 18.4. The maximum absolute atomic E-state index is 13.9. The van der Waals surface area contributed by atoms with Gasteiger partial charge in [0.1, 0.15) is 18.1 Å². The predicted molar refractivity (Wildman–Crippen MR) is 212 cm³/mol. The zero-order valence-corrected chi connectivity index (χ0v) is 31.1.